The Bertz CT molecular complexity index is 2480. The fraction of sp³-hybridized carbons (Fsp3) is 0. The molecule has 0 saturated heterocycles. The fourth-order valence-electron chi connectivity index (χ4n) is 6.94. The van der Waals surface area contributed by atoms with Crippen molar-refractivity contribution in [3.05, 3.63) is 216 Å². The average Bonchev–Trinajstić information content (AvgIpc) is 4.11. The first kappa shape index (κ1) is 47.2. The third-order valence-corrected chi connectivity index (χ3v) is 13.4. The average molecular weight is 956 g/mol. The first-order valence-electron chi connectivity index (χ1n) is 18.5. The van der Waals surface area contributed by atoms with E-state index in [4.69, 9.17) is 0 Å². The Hall–Kier alpha value is -3.87. The molecule has 8 heteroatoms. The topological polar surface area (TPSA) is 0 Å². The van der Waals surface area contributed by atoms with E-state index in [0.717, 1.165) is 0 Å². The van der Waals surface area contributed by atoms with E-state index >= 15 is 0 Å². The van der Waals surface area contributed by atoms with Crippen molar-refractivity contribution in [3.8, 4) is 41.8 Å². The van der Waals surface area contributed by atoms with E-state index in [1.165, 1.54) is 84.9 Å². The van der Waals surface area contributed by atoms with Crippen LogP contribution in [-0.2, 0) is 43.4 Å². The van der Waals surface area contributed by atoms with Crippen molar-refractivity contribution in [2.75, 3.05) is 0 Å². The second kappa shape index (κ2) is 22.8. The van der Waals surface area contributed by atoms with Gasteiger partial charge in [0.2, 0.25) is 0 Å². The molecule has 8 aromatic carbocycles. The molecule has 0 radical (unpaired) electrons. The zero-order chi connectivity index (χ0) is 37.5. The van der Waals surface area contributed by atoms with E-state index in [2.05, 4.69) is 216 Å². The molecule has 0 nitrogen and oxygen atoms in total. The molecule has 0 atom stereocenters. The third-order valence-electron chi connectivity index (χ3n) is 9.69. The van der Waals surface area contributed by atoms with Gasteiger partial charge in [0.1, 0.15) is 0 Å². The first-order chi connectivity index (χ1) is 27.7. The molecule has 0 fully saturated rings. The van der Waals surface area contributed by atoms with Crippen molar-refractivity contribution in [1.29, 1.82) is 0 Å². The number of benzene rings is 4. The number of halogens is 2. The maximum Gasteiger partial charge on any atom is 2.00 e. The SMILES string of the molecule is [Cl-].[Cl-].[Ti+2].[Ti+2].c1csc(-c2cc3ccccc3[cH-]2)c1.c1csc(-c2cc3ccccc3[cH-]2)c1.c1csc(-c2cc3ccccc3[cH-]2)c1.c1csc(-c2cc3ccccc3[cH-]2)c1. The summed E-state index contributed by atoms with van der Waals surface area (Å²) in [6, 6.07) is 69.0. The van der Waals surface area contributed by atoms with Crippen LogP contribution in [0.5, 0.6) is 0 Å². The molecule has 0 unspecified atom stereocenters. The predicted octanol–water partition coefficient (Wildman–Crippen LogP) is 11.2. The van der Waals surface area contributed by atoms with E-state index in [0.29, 0.717) is 0 Å². The minimum atomic E-state index is 0. The molecule has 4 heterocycles. The molecular formula is C52H36Cl2S4Ti2-2. The van der Waals surface area contributed by atoms with Crippen molar-refractivity contribution >= 4 is 88.4 Å². The molecule has 0 aliphatic heterocycles. The van der Waals surface area contributed by atoms with Crippen LogP contribution < -0.4 is 24.8 Å². The normalized spacial score (nSPS) is 10.1. The monoisotopic (exact) mass is 954 g/mol. The van der Waals surface area contributed by atoms with E-state index in [-0.39, 0.29) is 68.2 Å². The quantitative estimate of drug-likeness (QED) is 0.122. The number of hydrogen-bond acceptors (Lipinski definition) is 4. The largest absolute Gasteiger partial charge is 2.00 e. The molecule has 12 aromatic rings. The molecule has 12 rings (SSSR count). The Morgan fingerprint density at radius 3 is 0.667 bits per heavy atom. The van der Waals surface area contributed by atoms with E-state index < -0.39 is 0 Å². The Balaban J connectivity index is 0.000000148. The molecule has 0 N–H and O–H groups in total. The van der Waals surface area contributed by atoms with E-state index in [9.17, 15) is 0 Å². The van der Waals surface area contributed by atoms with Gasteiger partial charge in [0.05, 0.1) is 0 Å². The molecular weight excluding hydrogens is 919 g/mol. The van der Waals surface area contributed by atoms with Crippen molar-refractivity contribution in [1.82, 2.24) is 0 Å². The van der Waals surface area contributed by atoms with Crippen molar-refractivity contribution in [2.24, 2.45) is 0 Å². The van der Waals surface area contributed by atoms with E-state index in [1.807, 2.05) is 0 Å². The van der Waals surface area contributed by atoms with Gasteiger partial charge in [-0.2, -0.15) is 45.3 Å². The molecule has 0 saturated carbocycles. The third kappa shape index (κ3) is 11.3. The van der Waals surface area contributed by atoms with Crippen LogP contribution >= 0.6 is 45.3 Å². The standard InChI is InChI=1S/4C13H9S.2ClH.2Ti/c4*1-2-5-11-9-12(8-10(11)4-1)13-6-3-7-14-13;;;;/h4*1-9H;2*1H;;/q4*-1;;;2*+2/p-2. The smallest absolute Gasteiger partial charge is 1.00 e. The number of rotatable bonds is 4. The minimum absolute atomic E-state index is 0. The van der Waals surface area contributed by atoms with E-state index in [1.54, 1.807) is 45.3 Å². The molecule has 60 heavy (non-hydrogen) atoms. The van der Waals surface area contributed by atoms with Gasteiger partial charge in [0.15, 0.2) is 0 Å². The molecule has 4 aromatic heterocycles. The molecule has 0 bridgehead atoms. The van der Waals surface area contributed by atoms with Gasteiger partial charge in [-0.3, -0.25) is 0 Å². The van der Waals surface area contributed by atoms with Gasteiger partial charge < -0.3 is 24.8 Å². The summed E-state index contributed by atoms with van der Waals surface area (Å²) >= 11 is 7.17. The minimum Gasteiger partial charge on any atom is -1.00 e. The zero-order valence-corrected chi connectivity index (χ0v) is 40.1. The van der Waals surface area contributed by atoms with Crippen molar-refractivity contribution in [3.63, 3.8) is 0 Å². The second-order valence-corrected chi connectivity index (χ2v) is 17.2. The van der Waals surface area contributed by atoms with Gasteiger partial charge in [0, 0.05) is 0 Å². The first-order valence-corrected chi connectivity index (χ1v) is 22.0. The summed E-state index contributed by atoms with van der Waals surface area (Å²) in [5.74, 6) is 0. The summed E-state index contributed by atoms with van der Waals surface area (Å²) in [7, 11) is 0. The summed E-state index contributed by atoms with van der Waals surface area (Å²) in [6.45, 7) is 0. The Morgan fingerprint density at radius 1 is 0.267 bits per heavy atom. The van der Waals surface area contributed by atoms with Gasteiger partial charge in [-0.1, -0.05) is 121 Å². The molecule has 292 valence electrons. The Labute approximate surface area is 409 Å². The number of thiophene rings is 4. The van der Waals surface area contributed by atoms with Crippen LogP contribution in [0.4, 0.5) is 0 Å². The summed E-state index contributed by atoms with van der Waals surface area (Å²) in [4.78, 5) is 5.39. The van der Waals surface area contributed by atoms with Crippen LogP contribution in [0, 0.1) is 0 Å². The Kier molecular flexibility index (Phi) is 17.9. The van der Waals surface area contributed by atoms with Crippen LogP contribution in [0.15, 0.2) is 216 Å². The van der Waals surface area contributed by atoms with Gasteiger partial charge in [-0.05, 0) is 41.0 Å². The maximum atomic E-state index is 2.25. The van der Waals surface area contributed by atoms with Crippen LogP contribution in [-0.4, -0.2) is 0 Å². The predicted molar refractivity (Wildman–Crippen MR) is 251 cm³/mol. The van der Waals surface area contributed by atoms with Gasteiger partial charge in [-0.25, -0.2) is 0 Å². The fourth-order valence-corrected chi connectivity index (χ4v) is 9.80. The van der Waals surface area contributed by atoms with Crippen molar-refractivity contribution < 1.29 is 68.2 Å². The Morgan fingerprint density at radius 2 is 0.483 bits per heavy atom. The van der Waals surface area contributed by atoms with Gasteiger partial charge in [0.25, 0.3) is 0 Å². The van der Waals surface area contributed by atoms with Crippen LogP contribution in [0.3, 0.4) is 0 Å². The molecule has 0 aliphatic rings. The van der Waals surface area contributed by atoms with Crippen LogP contribution in [0.1, 0.15) is 0 Å². The van der Waals surface area contributed by atoms with Gasteiger partial charge in [-0.15, -0.1) is 138 Å². The summed E-state index contributed by atoms with van der Waals surface area (Å²) in [5, 5.41) is 19.1. The van der Waals surface area contributed by atoms with Crippen LogP contribution in [0.25, 0.3) is 84.9 Å². The molecule has 0 amide bonds. The maximum absolute atomic E-state index is 2.25. The molecule has 0 aliphatic carbocycles. The van der Waals surface area contributed by atoms with Gasteiger partial charge >= 0.3 is 43.4 Å². The summed E-state index contributed by atoms with van der Waals surface area (Å²) in [6.07, 6.45) is 0. The van der Waals surface area contributed by atoms with Crippen LogP contribution in [0.2, 0.25) is 0 Å². The second-order valence-electron chi connectivity index (χ2n) is 13.4. The van der Waals surface area contributed by atoms with Crippen molar-refractivity contribution in [2.45, 2.75) is 0 Å². The summed E-state index contributed by atoms with van der Waals surface area (Å²) in [5.41, 5.74) is 5.34. The zero-order valence-electron chi connectivity index (χ0n) is 32.2. The molecule has 0 spiro atoms. The number of fused-ring (bicyclic) bond motifs is 4. The number of hydrogen-bond donors (Lipinski definition) is 0. The summed E-state index contributed by atoms with van der Waals surface area (Å²) < 4.78 is 0.